The van der Waals surface area contributed by atoms with Gasteiger partial charge in [-0.05, 0) is 30.5 Å². The number of anilines is 1. The van der Waals surface area contributed by atoms with Crippen LogP contribution in [-0.2, 0) is 16.4 Å². The molecule has 0 spiro atoms. The van der Waals surface area contributed by atoms with Gasteiger partial charge in [0.1, 0.15) is 10.7 Å². The Balaban J connectivity index is 2.27. The van der Waals surface area contributed by atoms with Gasteiger partial charge in [0.25, 0.3) is 10.0 Å². The van der Waals surface area contributed by atoms with Crippen LogP contribution in [0.5, 0.6) is 11.5 Å². The summed E-state index contributed by atoms with van der Waals surface area (Å²) < 4.78 is 51.6. The van der Waals surface area contributed by atoms with Crippen molar-refractivity contribution in [1.29, 1.82) is 0 Å². The van der Waals surface area contributed by atoms with E-state index >= 15 is 0 Å². The Morgan fingerprint density at radius 1 is 1.04 bits per heavy atom. The summed E-state index contributed by atoms with van der Waals surface area (Å²) in [5.41, 5.74) is 1.50. The summed E-state index contributed by atoms with van der Waals surface area (Å²) in [4.78, 5) is -0.500. The molecule has 0 unspecified atom stereocenters. The van der Waals surface area contributed by atoms with Crippen molar-refractivity contribution < 1.29 is 22.3 Å². The second kappa shape index (κ2) is 8.20. The summed E-state index contributed by atoms with van der Waals surface area (Å²) in [7, 11) is -1.39. The summed E-state index contributed by atoms with van der Waals surface area (Å²) >= 11 is 0. The quantitative estimate of drug-likeness (QED) is 0.766. The number of methoxy groups -OCH3 is 2. The molecule has 0 aliphatic carbocycles. The molecule has 136 valence electrons. The molecule has 1 N–H and O–H groups in total. The van der Waals surface area contributed by atoms with Crippen LogP contribution in [-0.4, -0.2) is 22.6 Å². The first-order valence-corrected chi connectivity index (χ1v) is 9.43. The fourth-order valence-corrected chi connectivity index (χ4v) is 3.51. The smallest absolute Gasteiger partial charge is 0.264 e. The lowest BCUT2D eigenvalue weighted by atomic mass is 10.1. The SMILES string of the molecule is CCCCc1ccc(NS(=O)(=O)c2cc(OC)c(OC)cc2F)cc1. The molecule has 0 saturated heterocycles. The van der Waals surface area contributed by atoms with E-state index in [1.165, 1.54) is 14.2 Å². The third-order valence-corrected chi connectivity index (χ3v) is 5.15. The van der Waals surface area contributed by atoms with Crippen molar-refractivity contribution in [2.45, 2.75) is 31.1 Å². The zero-order chi connectivity index (χ0) is 18.4. The van der Waals surface area contributed by atoms with Crippen molar-refractivity contribution in [2.75, 3.05) is 18.9 Å². The van der Waals surface area contributed by atoms with Crippen LogP contribution in [0.1, 0.15) is 25.3 Å². The first-order valence-electron chi connectivity index (χ1n) is 7.94. The van der Waals surface area contributed by atoms with E-state index in [1.54, 1.807) is 12.1 Å². The van der Waals surface area contributed by atoms with E-state index in [4.69, 9.17) is 9.47 Å². The molecule has 0 aliphatic heterocycles. The van der Waals surface area contributed by atoms with E-state index in [9.17, 15) is 12.8 Å². The van der Waals surface area contributed by atoms with E-state index in [-0.39, 0.29) is 11.5 Å². The molecule has 0 saturated carbocycles. The maximum absolute atomic E-state index is 14.2. The lowest BCUT2D eigenvalue weighted by Gasteiger charge is -2.13. The third kappa shape index (κ3) is 4.63. The number of hydrogen-bond donors (Lipinski definition) is 1. The molecule has 0 heterocycles. The molecule has 7 heteroatoms. The van der Waals surface area contributed by atoms with E-state index in [0.29, 0.717) is 5.69 Å². The van der Waals surface area contributed by atoms with Gasteiger partial charge in [0.2, 0.25) is 0 Å². The maximum atomic E-state index is 14.2. The average molecular weight is 367 g/mol. The molecule has 2 rings (SSSR count). The number of hydrogen-bond acceptors (Lipinski definition) is 4. The topological polar surface area (TPSA) is 64.6 Å². The molecular formula is C18H22FNO4S. The molecule has 0 aromatic heterocycles. The highest BCUT2D eigenvalue weighted by Crippen LogP contribution is 2.32. The first kappa shape index (κ1) is 19.1. The second-order valence-electron chi connectivity index (χ2n) is 5.54. The molecule has 5 nitrogen and oxygen atoms in total. The molecule has 0 amide bonds. The third-order valence-electron chi connectivity index (χ3n) is 3.75. The normalized spacial score (nSPS) is 11.2. The van der Waals surface area contributed by atoms with Gasteiger partial charge in [-0.25, -0.2) is 12.8 Å². The first-order chi connectivity index (χ1) is 11.9. The molecule has 0 radical (unpaired) electrons. The lowest BCUT2D eigenvalue weighted by molar-refractivity contribution is 0.350. The minimum absolute atomic E-state index is 0.124. The van der Waals surface area contributed by atoms with Gasteiger partial charge in [0, 0.05) is 17.8 Å². The minimum atomic E-state index is -4.09. The van der Waals surface area contributed by atoms with Crippen molar-refractivity contribution >= 4 is 15.7 Å². The summed E-state index contributed by atoms with van der Waals surface area (Å²) in [6, 6.07) is 9.15. The van der Waals surface area contributed by atoms with Gasteiger partial charge in [-0.3, -0.25) is 4.72 Å². The van der Waals surface area contributed by atoms with Gasteiger partial charge < -0.3 is 9.47 Å². The number of unbranched alkanes of at least 4 members (excludes halogenated alkanes) is 1. The van der Waals surface area contributed by atoms with Crippen molar-refractivity contribution in [3.8, 4) is 11.5 Å². The molecule has 2 aromatic carbocycles. The summed E-state index contributed by atoms with van der Waals surface area (Å²) in [5, 5.41) is 0. The Morgan fingerprint density at radius 2 is 1.64 bits per heavy atom. The van der Waals surface area contributed by atoms with Crippen LogP contribution in [0.25, 0.3) is 0 Å². The molecule has 25 heavy (non-hydrogen) atoms. The predicted octanol–water partition coefficient (Wildman–Crippen LogP) is 3.99. The van der Waals surface area contributed by atoms with Gasteiger partial charge in [-0.15, -0.1) is 0 Å². The Hall–Kier alpha value is -2.28. The summed E-state index contributed by atoms with van der Waals surface area (Å²) in [6.07, 6.45) is 3.10. The highest BCUT2D eigenvalue weighted by atomic mass is 32.2. The van der Waals surface area contributed by atoms with E-state index in [2.05, 4.69) is 11.6 Å². The molecular weight excluding hydrogens is 345 g/mol. The van der Waals surface area contributed by atoms with Crippen molar-refractivity contribution in [3.05, 3.63) is 47.8 Å². The summed E-state index contributed by atoms with van der Waals surface area (Å²) in [6.45, 7) is 2.11. The van der Waals surface area contributed by atoms with Gasteiger partial charge in [0.05, 0.1) is 14.2 Å². The molecule has 0 bridgehead atoms. The van der Waals surface area contributed by atoms with Gasteiger partial charge in [0.15, 0.2) is 11.5 Å². The number of aryl methyl sites for hydroxylation is 1. The zero-order valence-electron chi connectivity index (χ0n) is 14.5. The number of sulfonamides is 1. The maximum Gasteiger partial charge on any atom is 0.264 e. The fourth-order valence-electron chi connectivity index (χ4n) is 2.37. The lowest BCUT2D eigenvalue weighted by Crippen LogP contribution is -2.15. The average Bonchev–Trinajstić information content (AvgIpc) is 2.60. The van der Waals surface area contributed by atoms with Gasteiger partial charge in [-0.1, -0.05) is 25.5 Å². The van der Waals surface area contributed by atoms with Crippen molar-refractivity contribution in [1.82, 2.24) is 0 Å². The molecule has 2 aromatic rings. The van der Waals surface area contributed by atoms with Crippen molar-refractivity contribution in [2.24, 2.45) is 0 Å². The predicted molar refractivity (Wildman–Crippen MR) is 95.4 cm³/mol. The van der Waals surface area contributed by atoms with Crippen molar-refractivity contribution in [3.63, 3.8) is 0 Å². The molecule has 0 atom stereocenters. The fraction of sp³-hybridized carbons (Fsp3) is 0.333. The number of nitrogens with one attached hydrogen (secondary N) is 1. The number of halogens is 1. The van der Waals surface area contributed by atoms with E-state index < -0.39 is 20.7 Å². The van der Waals surface area contributed by atoms with Crippen LogP contribution in [0.15, 0.2) is 41.3 Å². The van der Waals surface area contributed by atoms with Crippen LogP contribution in [0, 0.1) is 5.82 Å². The second-order valence-corrected chi connectivity index (χ2v) is 7.19. The van der Waals surface area contributed by atoms with Crippen LogP contribution >= 0.6 is 0 Å². The highest BCUT2D eigenvalue weighted by molar-refractivity contribution is 7.92. The van der Waals surface area contributed by atoms with Crippen LogP contribution < -0.4 is 14.2 Å². The number of benzene rings is 2. The number of ether oxygens (including phenoxy) is 2. The highest BCUT2D eigenvalue weighted by Gasteiger charge is 2.22. The van der Waals surface area contributed by atoms with Gasteiger partial charge in [-0.2, -0.15) is 0 Å². The largest absolute Gasteiger partial charge is 0.493 e. The standard InChI is InChI=1S/C18H22FNO4S/c1-4-5-6-13-7-9-14(10-8-13)20-25(21,22)18-12-17(24-3)16(23-2)11-15(18)19/h7-12,20H,4-6H2,1-3H3. The summed E-state index contributed by atoms with van der Waals surface area (Å²) in [5.74, 6) is -0.650. The van der Waals surface area contributed by atoms with E-state index in [1.807, 2.05) is 12.1 Å². The van der Waals surface area contributed by atoms with Crippen LogP contribution in [0.3, 0.4) is 0 Å². The Labute approximate surface area is 147 Å². The Kier molecular flexibility index (Phi) is 6.25. The molecule has 0 aliphatic rings. The molecule has 0 fully saturated rings. The minimum Gasteiger partial charge on any atom is -0.493 e. The van der Waals surface area contributed by atoms with Gasteiger partial charge >= 0.3 is 0 Å². The van der Waals surface area contributed by atoms with E-state index in [0.717, 1.165) is 37.0 Å². The van der Waals surface area contributed by atoms with Crippen LogP contribution in [0.2, 0.25) is 0 Å². The van der Waals surface area contributed by atoms with Crippen LogP contribution in [0.4, 0.5) is 10.1 Å². The Morgan fingerprint density at radius 3 is 2.20 bits per heavy atom. The zero-order valence-corrected chi connectivity index (χ0v) is 15.3. The number of rotatable bonds is 8. The monoisotopic (exact) mass is 367 g/mol. The Bertz CT molecular complexity index is 820.